The van der Waals surface area contributed by atoms with Gasteiger partial charge in [0.25, 0.3) is 6.43 Å². The number of rotatable bonds is 6. The maximum atomic E-state index is 11.7. The number of nitrogens with one attached hydrogen (secondary N) is 1. The fourth-order valence-electron chi connectivity index (χ4n) is 1.31. The number of likely N-dealkylation sites (tertiary alicyclic amines) is 1. The van der Waals surface area contributed by atoms with E-state index in [9.17, 15) is 18.4 Å². The van der Waals surface area contributed by atoms with Gasteiger partial charge in [-0.1, -0.05) is 0 Å². The van der Waals surface area contributed by atoms with Crippen molar-refractivity contribution >= 4 is 12.0 Å². The average molecular weight is 252 g/mol. The number of carbonyl (C=O) groups is 2. The molecule has 0 aromatic rings. The lowest BCUT2D eigenvalue weighted by atomic mass is 10.0. The van der Waals surface area contributed by atoms with Crippen LogP contribution in [0.3, 0.4) is 0 Å². The summed E-state index contributed by atoms with van der Waals surface area (Å²) in [5.74, 6) is -1.43. The van der Waals surface area contributed by atoms with Crippen LogP contribution in [0.25, 0.3) is 0 Å². The van der Waals surface area contributed by atoms with E-state index in [1.807, 2.05) is 0 Å². The summed E-state index contributed by atoms with van der Waals surface area (Å²) in [7, 11) is 0. The summed E-state index contributed by atoms with van der Waals surface area (Å²) >= 11 is 0. The minimum atomic E-state index is -2.52. The molecular weight excluding hydrogens is 238 g/mol. The number of carboxylic acid groups (broad SMARTS) is 1. The lowest BCUT2D eigenvalue weighted by molar-refractivity contribution is -0.146. The highest BCUT2D eigenvalue weighted by Gasteiger charge is 2.35. The third-order valence-electron chi connectivity index (χ3n) is 2.28. The quantitative estimate of drug-likeness (QED) is 0.652. The van der Waals surface area contributed by atoms with Gasteiger partial charge < -0.3 is 20.1 Å². The van der Waals surface area contributed by atoms with Crippen molar-refractivity contribution in [3.05, 3.63) is 0 Å². The molecule has 17 heavy (non-hydrogen) atoms. The predicted molar refractivity (Wildman–Crippen MR) is 52.9 cm³/mol. The van der Waals surface area contributed by atoms with Crippen LogP contribution >= 0.6 is 0 Å². The average Bonchev–Trinajstić information content (AvgIpc) is 2.13. The van der Waals surface area contributed by atoms with Crippen molar-refractivity contribution in [2.75, 3.05) is 32.8 Å². The fourth-order valence-corrected chi connectivity index (χ4v) is 1.31. The highest BCUT2D eigenvalue weighted by Crippen LogP contribution is 2.14. The van der Waals surface area contributed by atoms with Gasteiger partial charge in [-0.25, -0.2) is 13.6 Å². The van der Waals surface area contributed by atoms with Crippen molar-refractivity contribution in [1.82, 2.24) is 10.2 Å². The summed E-state index contributed by atoms with van der Waals surface area (Å²) in [6, 6.07) is -0.400. The molecule has 2 amide bonds. The molecule has 0 radical (unpaired) electrons. The monoisotopic (exact) mass is 252 g/mol. The first-order valence-electron chi connectivity index (χ1n) is 5.12. The van der Waals surface area contributed by atoms with Crippen LogP contribution in [0.4, 0.5) is 13.6 Å². The van der Waals surface area contributed by atoms with Crippen molar-refractivity contribution in [2.45, 2.75) is 6.43 Å². The van der Waals surface area contributed by atoms with Gasteiger partial charge >= 0.3 is 12.0 Å². The second-order valence-electron chi connectivity index (χ2n) is 3.64. The van der Waals surface area contributed by atoms with E-state index >= 15 is 0 Å². The third-order valence-corrected chi connectivity index (χ3v) is 2.28. The van der Waals surface area contributed by atoms with Gasteiger partial charge in [0.05, 0.1) is 12.5 Å². The molecule has 0 atom stereocenters. The number of aliphatic carboxylic acids is 1. The molecule has 1 fully saturated rings. The standard InChI is InChI=1S/C9H14F2N2O4/c10-7(11)5-17-2-1-12-9(16)13-3-6(4-13)8(14)15/h6-7H,1-5H2,(H,12,16)(H,14,15). The van der Waals surface area contributed by atoms with Crippen LogP contribution in [0.2, 0.25) is 0 Å². The van der Waals surface area contributed by atoms with Crippen molar-refractivity contribution in [2.24, 2.45) is 5.92 Å². The lowest BCUT2D eigenvalue weighted by Crippen LogP contribution is -2.56. The number of hydrogen-bond donors (Lipinski definition) is 2. The van der Waals surface area contributed by atoms with Crippen LogP contribution in [-0.4, -0.2) is 61.3 Å². The second-order valence-corrected chi connectivity index (χ2v) is 3.64. The van der Waals surface area contributed by atoms with Crippen LogP contribution in [0.1, 0.15) is 0 Å². The Labute approximate surface area is 96.5 Å². The van der Waals surface area contributed by atoms with E-state index in [1.54, 1.807) is 0 Å². The van der Waals surface area contributed by atoms with Gasteiger partial charge in [0.15, 0.2) is 0 Å². The molecule has 1 saturated heterocycles. The number of halogens is 2. The predicted octanol–water partition coefficient (Wildman–Crippen LogP) is -0.00590. The normalized spacial score (nSPS) is 15.8. The molecular formula is C9H14F2N2O4. The molecule has 1 rings (SSSR count). The molecule has 0 aromatic heterocycles. The number of amides is 2. The molecule has 1 heterocycles. The van der Waals surface area contributed by atoms with Crippen LogP contribution in [0.15, 0.2) is 0 Å². The molecule has 0 aliphatic carbocycles. The molecule has 2 N–H and O–H groups in total. The zero-order chi connectivity index (χ0) is 12.8. The molecule has 0 aromatic carbocycles. The summed E-state index contributed by atoms with van der Waals surface area (Å²) in [5.41, 5.74) is 0. The molecule has 98 valence electrons. The highest BCUT2D eigenvalue weighted by atomic mass is 19.3. The first kappa shape index (κ1) is 13.6. The topological polar surface area (TPSA) is 78.9 Å². The van der Waals surface area contributed by atoms with Crippen LogP contribution in [0.5, 0.6) is 0 Å². The summed E-state index contributed by atoms with van der Waals surface area (Å²) in [6.07, 6.45) is -2.52. The Morgan fingerprint density at radius 2 is 2.12 bits per heavy atom. The van der Waals surface area contributed by atoms with Crippen molar-refractivity contribution < 1.29 is 28.2 Å². The van der Waals surface area contributed by atoms with Gasteiger partial charge in [0, 0.05) is 19.6 Å². The van der Waals surface area contributed by atoms with E-state index in [1.165, 1.54) is 4.90 Å². The lowest BCUT2D eigenvalue weighted by Gasteiger charge is -2.36. The SMILES string of the molecule is O=C(O)C1CN(C(=O)NCCOCC(F)F)C1. The summed E-state index contributed by atoms with van der Waals surface area (Å²) in [6.45, 7) is -0.162. The molecule has 0 saturated carbocycles. The van der Waals surface area contributed by atoms with Crippen molar-refractivity contribution in [1.29, 1.82) is 0 Å². The third kappa shape index (κ3) is 4.51. The maximum absolute atomic E-state index is 11.7. The fraction of sp³-hybridized carbons (Fsp3) is 0.778. The Morgan fingerprint density at radius 1 is 1.47 bits per heavy atom. The summed E-state index contributed by atoms with van der Waals surface area (Å²) < 4.78 is 27.9. The number of nitrogens with zero attached hydrogens (tertiary/aromatic N) is 1. The Bertz CT molecular complexity index is 282. The molecule has 0 unspecified atom stereocenters. The Morgan fingerprint density at radius 3 is 2.65 bits per heavy atom. The van der Waals surface area contributed by atoms with Gasteiger partial charge in [0.2, 0.25) is 0 Å². The van der Waals surface area contributed by atoms with E-state index < -0.39 is 31.0 Å². The highest BCUT2D eigenvalue weighted by molar-refractivity contribution is 5.79. The largest absolute Gasteiger partial charge is 0.481 e. The second kappa shape index (κ2) is 6.33. The van der Waals surface area contributed by atoms with Gasteiger partial charge in [-0.05, 0) is 0 Å². The molecule has 6 nitrogen and oxygen atoms in total. The zero-order valence-corrected chi connectivity index (χ0v) is 9.07. The Balaban J connectivity index is 2.01. The molecule has 0 bridgehead atoms. The van der Waals surface area contributed by atoms with Crippen molar-refractivity contribution in [3.8, 4) is 0 Å². The molecule has 1 aliphatic rings. The minimum absolute atomic E-state index is 0.00623. The van der Waals surface area contributed by atoms with E-state index in [0.717, 1.165) is 0 Å². The smallest absolute Gasteiger partial charge is 0.317 e. The number of hydrogen-bond acceptors (Lipinski definition) is 3. The van der Waals surface area contributed by atoms with Gasteiger partial charge in [-0.3, -0.25) is 4.79 Å². The Hall–Kier alpha value is -1.44. The van der Waals surface area contributed by atoms with Gasteiger partial charge in [-0.15, -0.1) is 0 Å². The zero-order valence-electron chi connectivity index (χ0n) is 9.07. The number of alkyl halides is 2. The van der Waals surface area contributed by atoms with Crippen LogP contribution < -0.4 is 5.32 Å². The van der Waals surface area contributed by atoms with E-state index in [-0.39, 0.29) is 26.2 Å². The number of urea groups is 1. The van der Waals surface area contributed by atoms with Gasteiger partial charge in [0.1, 0.15) is 6.61 Å². The summed E-state index contributed by atoms with van der Waals surface area (Å²) in [4.78, 5) is 23.1. The summed E-state index contributed by atoms with van der Waals surface area (Å²) in [5, 5.41) is 11.0. The molecule has 0 spiro atoms. The molecule has 1 aliphatic heterocycles. The van der Waals surface area contributed by atoms with Crippen LogP contribution in [0, 0.1) is 5.92 Å². The van der Waals surface area contributed by atoms with E-state index in [0.29, 0.717) is 0 Å². The van der Waals surface area contributed by atoms with Crippen molar-refractivity contribution in [3.63, 3.8) is 0 Å². The van der Waals surface area contributed by atoms with E-state index in [2.05, 4.69) is 10.1 Å². The first-order valence-corrected chi connectivity index (χ1v) is 5.12. The number of ether oxygens (including phenoxy) is 1. The van der Waals surface area contributed by atoms with Gasteiger partial charge in [-0.2, -0.15) is 0 Å². The number of carboxylic acids is 1. The van der Waals surface area contributed by atoms with Crippen LogP contribution in [-0.2, 0) is 9.53 Å². The number of carbonyl (C=O) groups excluding carboxylic acids is 1. The Kier molecular flexibility index (Phi) is 5.08. The first-order chi connectivity index (χ1) is 8.00. The maximum Gasteiger partial charge on any atom is 0.317 e. The minimum Gasteiger partial charge on any atom is -0.481 e. The molecule has 8 heteroatoms. The van der Waals surface area contributed by atoms with E-state index in [4.69, 9.17) is 5.11 Å².